The van der Waals surface area contributed by atoms with Crippen LogP contribution in [0.25, 0.3) is 0 Å². The van der Waals surface area contributed by atoms with Crippen molar-refractivity contribution in [2.75, 3.05) is 20.3 Å². The van der Waals surface area contributed by atoms with E-state index in [0.29, 0.717) is 13.2 Å². The van der Waals surface area contributed by atoms with Crippen molar-refractivity contribution >= 4 is 0 Å². The van der Waals surface area contributed by atoms with Crippen LogP contribution < -0.4 is 9.47 Å². The summed E-state index contributed by atoms with van der Waals surface area (Å²) in [5.74, 6) is 2.61. The van der Waals surface area contributed by atoms with E-state index in [9.17, 15) is 0 Å². The lowest BCUT2D eigenvalue weighted by Gasteiger charge is -2.20. The van der Waals surface area contributed by atoms with Gasteiger partial charge in [-0.3, -0.25) is 9.58 Å². The molecule has 1 aromatic carbocycles. The first-order chi connectivity index (χ1) is 9.72. The van der Waals surface area contributed by atoms with Crippen LogP contribution in [0, 0.1) is 0 Å². The average molecular weight is 274 g/mol. The molecule has 1 aliphatic rings. The van der Waals surface area contributed by atoms with E-state index < -0.39 is 0 Å². The van der Waals surface area contributed by atoms with Gasteiger partial charge in [-0.05, 0) is 24.7 Å². The highest BCUT2D eigenvalue weighted by Gasteiger charge is 2.13. The quantitative estimate of drug-likeness (QED) is 0.839. The number of fused-ring (bicyclic) bond motifs is 1. The summed E-state index contributed by atoms with van der Waals surface area (Å²) in [7, 11) is 3.96. The second-order valence-electron chi connectivity index (χ2n) is 4.95. The van der Waals surface area contributed by atoms with Gasteiger partial charge in [-0.25, -0.2) is 4.98 Å². The fourth-order valence-corrected chi connectivity index (χ4v) is 2.26. The van der Waals surface area contributed by atoms with Gasteiger partial charge in [0.1, 0.15) is 25.4 Å². The van der Waals surface area contributed by atoms with Gasteiger partial charge in [-0.2, -0.15) is 5.10 Å². The first-order valence-corrected chi connectivity index (χ1v) is 6.62. The minimum Gasteiger partial charge on any atom is -0.486 e. The molecule has 3 rings (SSSR count). The summed E-state index contributed by atoms with van der Waals surface area (Å²) in [4.78, 5) is 6.42. The Labute approximate surface area is 117 Å². The summed E-state index contributed by atoms with van der Waals surface area (Å²) in [5.41, 5.74) is 1.19. The Balaban J connectivity index is 1.66. The number of benzene rings is 1. The summed E-state index contributed by atoms with van der Waals surface area (Å²) in [6.07, 6.45) is 1.58. The lowest BCUT2D eigenvalue weighted by Crippen LogP contribution is -2.20. The van der Waals surface area contributed by atoms with Crippen LogP contribution in [0.2, 0.25) is 0 Å². The van der Waals surface area contributed by atoms with Crippen LogP contribution in [0.1, 0.15) is 11.4 Å². The second-order valence-corrected chi connectivity index (χ2v) is 4.95. The summed E-state index contributed by atoms with van der Waals surface area (Å²) in [5, 5.41) is 4.08. The third-order valence-corrected chi connectivity index (χ3v) is 3.28. The van der Waals surface area contributed by atoms with Crippen molar-refractivity contribution in [3.8, 4) is 11.5 Å². The first-order valence-electron chi connectivity index (χ1n) is 6.62. The van der Waals surface area contributed by atoms with E-state index in [4.69, 9.17) is 9.47 Å². The van der Waals surface area contributed by atoms with Crippen molar-refractivity contribution in [1.82, 2.24) is 19.7 Å². The van der Waals surface area contributed by atoms with Crippen LogP contribution in [0.3, 0.4) is 0 Å². The second kappa shape index (κ2) is 5.50. The Kier molecular flexibility index (Phi) is 3.56. The molecule has 106 valence electrons. The Morgan fingerprint density at radius 3 is 2.75 bits per heavy atom. The fraction of sp³-hybridized carbons (Fsp3) is 0.429. The summed E-state index contributed by atoms with van der Waals surface area (Å²) in [6.45, 7) is 2.82. The van der Waals surface area contributed by atoms with Crippen molar-refractivity contribution in [1.29, 1.82) is 0 Å². The molecular weight excluding hydrogens is 256 g/mol. The molecule has 0 fully saturated rings. The van der Waals surface area contributed by atoms with Crippen molar-refractivity contribution in [3.05, 3.63) is 35.9 Å². The highest BCUT2D eigenvalue weighted by Crippen LogP contribution is 2.31. The van der Waals surface area contributed by atoms with E-state index >= 15 is 0 Å². The van der Waals surface area contributed by atoms with Crippen LogP contribution in [-0.2, 0) is 20.1 Å². The number of aryl methyl sites for hydroxylation is 1. The molecule has 1 aliphatic heterocycles. The predicted molar refractivity (Wildman–Crippen MR) is 73.6 cm³/mol. The zero-order chi connectivity index (χ0) is 13.9. The standard InChI is InChI=1S/C14H18N4O2/c1-17(9-14-15-10-16-18(14)2)8-11-3-4-12-13(7-11)20-6-5-19-12/h3-4,7,10H,5-6,8-9H2,1-2H3. The predicted octanol–water partition coefficient (Wildman–Crippen LogP) is 1.22. The van der Waals surface area contributed by atoms with Crippen molar-refractivity contribution < 1.29 is 9.47 Å². The van der Waals surface area contributed by atoms with Gasteiger partial charge in [0.15, 0.2) is 11.5 Å². The molecule has 0 unspecified atom stereocenters. The Morgan fingerprint density at radius 2 is 2.00 bits per heavy atom. The molecule has 0 radical (unpaired) electrons. The Hall–Kier alpha value is -2.08. The topological polar surface area (TPSA) is 52.4 Å². The summed E-state index contributed by atoms with van der Waals surface area (Å²) >= 11 is 0. The van der Waals surface area contributed by atoms with Crippen LogP contribution in [-0.4, -0.2) is 39.9 Å². The molecule has 0 N–H and O–H groups in total. The molecule has 0 saturated heterocycles. The number of aromatic nitrogens is 3. The van der Waals surface area contributed by atoms with E-state index in [-0.39, 0.29) is 0 Å². The molecule has 0 bridgehead atoms. The van der Waals surface area contributed by atoms with Gasteiger partial charge in [0.25, 0.3) is 0 Å². The van der Waals surface area contributed by atoms with Gasteiger partial charge in [0.05, 0.1) is 6.54 Å². The average Bonchev–Trinajstić information content (AvgIpc) is 2.84. The monoisotopic (exact) mass is 274 g/mol. The molecule has 0 atom stereocenters. The molecule has 0 saturated carbocycles. The minimum absolute atomic E-state index is 0.616. The highest BCUT2D eigenvalue weighted by molar-refractivity contribution is 5.43. The smallest absolute Gasteiger partial charge is 0.161 e. The van der Waals surface area contributed by atoms with Gasteiger partial charge in [0, 0.05) is 13.6 Å². The number of ether oxygens (including phenoxy) is 2. The normalized spacial score (nSPS) is 13.8. The molecule has 6 nitrogen and oxygen atoms in total. The molecule has 0 spiro atoms. The number of hydrogen-bond donors (Lipinski definition) is 0. The molecule has 6 heteroatoms. The van der Waals surface area contributed by atoms with Crippen molar-refractivity contribution in [3.63, 3.8) is 0 Å². The minimum atomic E-state index is 0.616. The number of nitrogens with zero attached hydrogens (tertiary/aromatic N) is 4. The Bertz CT molecular complexity index is 597. The fourth-order valence-electron chi connectivity index (χ4n) is 2.26. The molecule has 0 amide bonds. The molecule has 2 aromatic rings. The first kappa shape index (κ1) is 12.9. The third kappa shape index (κ3) is 2.75. The van der Waals surface area contributed by atoms with E-state index in [2.05, 4.69) is 28.1 Å². The maximum Gasteiger partial charge on any atom is 0.161 e. The molecule has 0 aliphatic carbocycles. The van der Waals surface area contributed by atoms with Crippen molar-refractivity contribution in [2.45, 2.75) is 13.1 Å². The van der Waals surface area contributed by atoms with Crippen molar-refractivity contribution in [2.24, 2.45) is 7.05 Å². The SMILES string of the molecule is CN(Cc1ccc2c(c1)OCCO2)Cc1ncnn1C. The van der Waals surface area contributed by atoms with Crippen LogP contribution >= 0.6 is 0 Å². The summed E-state index contributed by atoms with van der Waals surface area (Å²) < 4.78 is 12.9. The van der Waals surface area contributed by atoms with Gasteiger partial charge >= 0.3 is 0 Å². The maximum absolute atomic E-state index is 5.60. The van der Waals surface area contributed by atoms with E-state index in [0.717, 1.165) is 30.4 Å². The largest absolute Gasteiger partial charge is 0.486 e. The van der Waals surface area contributed by atoms with E-state index in [1.54, 1.807) is 11.0 Å². The lowest BCUT2D eigenvalue weighted by atomic mass is 10.2. The van der Waals surface area contributed by atoms with E-state index in [1.807, 2.05) is 19.2 Å². The van der Waals surface area contributed by atoms with Crippen LogP contribution in [0.4, 0.5) is 0 Å². The maximum atomic E-state index is 5.60. The lowest BCUT2D eigenvalue weighted by molar-refractivity contribution is 0.171. The molecular formula is C14H18N4O2. The molecule has 2 heterocycles. The zero-order valence-electron chi connectivity index (χ0n) is 11.7. The third-order valence-electron chi connectivity index (χ3n) is 3.28. The highest BCUT2D eigenvalue weighted by atomic mass is 16.6. The number of rotatable bonds is 4. The van der Waals surface area contributed by atoms with Gasteiger partial charge in [-0.15, -0.1) is 0 Å². The van der Waals surface area contributed by atoms with Crippen LogP contribution in [0.15, 0.2) is 24.5 Å². The Morgan fingerprint density at radius 1 is 1.20 bits per heavy atom. The number of hydrogen-bond acceptors (Lipinski definition) is 5. The van der Waals surface area contributed by atoms with Crippen LogP contribution in [0.5, 0.6) is 11.5 Å². The van der Waals surface area contributed by atoms with E-state index in [1.165, 1.54) is 5.56 Å². The molecule has 1 aromatic heterocycles. The van der Waals surface area contributed by atoms with Gasteiger partial charge < -0.3 is 9.47 Å². The van der Waals surface area contributed by atoms with Gasteiger partial charge in [0.2, 0.25) is 0 Å². The zero-order valence-corrected chi connectivity index (χ0v) is 11.7. The summed E-state index contributed by atoms with van der Waals surface area (Å²) in [6, 6.07) is 6.09. The molecule has 20 heavy (non-hydrogen) atoms. The van der Waals surface area contributed by atoms with Gasteiger partial charge in [-0.1, -0.05) is 6.07 Å².